The maximum absolute atomic E-state index is 5.83. The smallest absolute Gasteiger partial charge is 0.198 e. The Kier molecular flexibility index (Phi) is 2.90. The summed E-state index contributed by atoms with van der Waals surface area (Å²) in [6.45, 7) is 0. The summed E-state index contributed by atoms with van der Waals surface area (Å²) in [6, 6.07) is 1.77. The molecule has 2 aromatic rings. The van der Waals surface area contributed by atoms with E-state index in [1.54, 1.807) is 18.5 Å². The van der Waals surface area contributed by atoms with Gasteiger partial charge in [0.25, 0.3) is 0 Å². The molecule has 2 heterocycles. The first-order valence-corrected chi connectivity index (χ1v) is 5.56. The second-order valence-corrected chi connectivity index (χ2v) is 4.50. The molecule has 6 heteroatoms. The lowest BCUT2D eigenvalue weighted by Gasteiger charge is -1.98. The van der Waals surface area contributed by atoms with Crippen molar-refractivity contribution in [1.29, 1.82) is 0 Å². The third-order valence-corrected chi connectivity index (χ3v) is 3.24. The first-order chi connectivity index (χ1) is 6.68. The van der Waals surface area contributed by atoms with Crippen molar-refractivity contribution in [3.05, 3.63) is 32.6 Å². The Morgan fingerprint density at radius 3 is 2.64 bits per heavy atom. The van der Waals surface area contributed by atoms with E-state index in [0.29, 0.717) is 21.2 Å². The van der Waals surface area contributed by atoms with E-state index >= 15 is 0 Å². The van der Waals surface area contributed by atoms with Crippen LogP contribution in [0.15, 0.2) is 31.9 Å². The highest BCUT2D eigenvalue weighted by Crippen LogP contribution is 2.28. The van der Waals surface area contributed by atoms with E-state index < -0.39 is 0 Å². The van der Waals surface area contributed by atoms with Crippen molar-refractivity contribution in [3.8, 4) is 11.6 Å². The Balaban J connectivity index is 2.53. The molecule has 0 spiro atoms. The van der Waals surface area contributed by atoms with Gasteiger partial charge in [-0.05, 0) is 37.9 Å². The minimum atomic E-state index is 0.360. The lowest BCUT2D eigenvalue weighted by molar-refractivity contribution is 0.576. The second kappa shape index (κ2) is 4.00. The molecule has 0 radical (unpaired) electrons. The molecule has 14 heavy (non-hydrogen) atoms. The molecular formula is C8H3Br2ClN2O. The van der Waals surface area contributed by atoms with E-state index in [0.717, 1.165) is 4.47 Å². The molecule has 0 saturated heterocycles. The van der Waals surface area contributed by atoms with Gasteiger partial charge in [-0.25, -0.2) is 9.97 Å². The van der Waals surface area contributed by atoms with Crippen molar-refractivity contribution in [2.24, 2.45) is 0 Å². The van der Waals surface area contributed by atoms with E-state index in [-0.39, 0.29) is 0 Å². The molecule has 3 nitrogen and oxygen atoms in total. The van der Waals surface area contributed by atoms with Crippen LogP contribution in [0, 0.1) is 0 Å². The highest BCUT2D eigenvalue weighted by Gasteiger charge is 2.11. The molecule has 0 unspecified atom stereocenters. The molecule has 0 aliphatic heterocycles. The maximum atomic E-state index is 5.83. The average molecular weight is 338 g/mol. The van der Waals surface area contributed by atoms with Crippen LogP contribution < -0.4 is 0 Å². The third kappa shape index (κ3) is 1.85. The summed E-state index contributed by atoms with van der Waals surface area (Å²) >= 11 is 12.4. The van der Waals surface area contributed by atoms with Gasteiger partial charge in [-0.3, -0.25) is 0 Å². The summed E-state index contributed by atoms with van der Waals surface area (Å²) in [5.74, 6) is 1.02. The number of hydrogen-bond acceptors (Lipinski definition) is 3. The molecular weight excluding hydrogens is 335 g/mol. The normalized spacial score (nSPS) is 10.5. The summed E-state index contributed by atoms with van der Waals surface area (Å²) in [5.41, 5.74) is 0. The van der Waals surface area contributed by atoms with Crippen LogP contribution in [0.1, 0.15) is 0 Å². The van der Waals surface area contributed by atoms with Gasteiger partial charge in [0.15, 0.2) is 11.6 Å². The van der Waals surface area contributed by atoms with Crippen LogP contribution >= 0.6 is 43.5 Å². The maximum Gasteiger partial charge on any atom is 0.198 e. The van der Waals surface area contributed by atoms with E-state index in [4.69, 9.17) is 16.0 Å². The topological polar surface area (TPSA) is 38.9 Å². The van der Waals surface area contributed by atoms with Crippen LogP contribution in [0.25, 0.3) is 11.6 Å². The fourth-order valence-corrected chi connectivity index (χ4v) is 1.61. The molecule has 0 aromatic carbocycles. The highest BCUT2D eigenvalue weighted by molar-refractivity contribution is 9.10. The molecule has 0 amide bonds. The summed E-state index contributed by atoms with van der Waals surface area (Å²) < 4.78 is 6.66. The predicted octanol–water partition coefficient (Wildman–Crippen LogP) is 3.92. The van der Waals surface area contributed by atoms with E-state index in [1.807, 2.05) is 0 Å². The SMILES string of the molecule is Clc1nc(-c2occc2Br)ncc1Br. The number of halogens is 3. The predicted molar refractivity (Wildman–Crippen MR) is 60.1 cm³/mol. The van der Waals surface area contributed by atoms with Crippen LogP contribution in [0.4, 0.5) is 0 Å². The van der Waals surface area contributed by atoms with Crippen LogP contribution in [-0.4, -0.2) is 9.97 Å². The minimum absolute atomic E-state index is 0.360. The fraction of sp³-hybridized carbons (Fsp3) is 0. The van der Waals surface area contributed by atoms with Gasteiger partial charge in [0, 0.05) is 6.20 Å². The van der Waals surface area contributed by atoms with Gasteiger partial charge in [-0.1, -0.05) is 11.6 Å². The van der Waals surface area contributed by atoms with E-state index in [1.165, 1.54) is 0 Å². The minimum Gasteiger partial charge on any atom is -0.460 e. The summed E-state index contributed by atoms with van der Waals surface area (Å²) in [7, 11) is 0. The van der Waals surface area contributed by atoms with Gasteiger partial charge in [0.1, 0.15) is 5.15 Å². The van der Waals surface area contributed by atoms with Gasteiger partial charge in [0.05, 0.1) is 15.2 Å². The zero-order valence-electron chi connectivity index (χ0n) is 6.67. The van der Waals surface area contributed by atoms with E-state index in [2.05, 4.69) is 41.8 Å². The lowest BCUT2D eigenvalue weighted by Crippen LogP contribution is -1.88. The van der Waals surface area contributed by atoms with Crippen molar-refractivity contribution in [2.45, 2.75) is 0 Å². The molecule has 72 valence electrons. The number of aromatic nitrogens is 2. The Hall–Kier alpha value is -0.390. The van der Waals surface area contributed by atoms with Gasteiger partial charge in [-0.15, -0.1) is 0 Å². The standard InChI is InChI=1S/C8H3Br2ClN2O/c9-4-1-2-14-6(4)8-12-3-5(10)7(11)13-8/h1-3H. The number of furan rings is 1. The summed E-state index contributed by atoms with van der Waals surface area (Å²) in [5, 5.41) is 0.360. The summed E-state index contributed by atoms with van der Waals surface area (Å²) in [4.78, 5) is 8.14. The van der Waals surface area contributed by atoms with Gasteiger partial charge in [-0.2, -0.15) is 0 Å². The quantitative estimate of drug-likeness (QED) is 0.740. The Labute approximate surface area is 102 Å². The largest absolute Gasteiger partial charge is 0.460 e. The third-order valence-electron chi connectivity index (χ3n) is 1.52. The molecule has 2 rings (SSSR count). The van der Waals surface area contributed by atoms with Gasteiger partial charge >= 0.3 is 0 Å². The van der Waals surface area contributed by atoms with Crippen LogP contribution in [0.3, 0.4) is 0 Å². The fourth-order valence-electron chi connectivity index (χ4n) is 0.909. The van der Waals surface area contributed by atoms with Crippen molar-refractivity contribution in [3.63, 3.8) is 0 Å². The average Bonchev–Trinajstić information content (AvgIpc) is 2.57. The zero-order chi connectivity index (χ0) is 10.1. The van der Waals surface area contributed by atoms with Gasteiger partial charge in [0.2, 0.25) is 0 Å². The van der Waals surface area contributed by atoms with Crippen LogP contribution in [-0.2, 0) is 0 Å². The summed E-state index contributed by atoms with van der Waals surface area (Å²) in [6.07, 6.45) is 3.14. The molecule has 0 bridgehead atoms. The molecule has 0 N–H and O–H groups in total. The number of nitrogens with zero attached hydrogens (tertiary/aromatic N) is 2. The highest BCUT2D eigenvalue weighted by atomic mass is 79.9. The van der Waals surface area contributed by atoms with Gasteiger partial charge < -0.3 is 4.42 Å². The first kappa shape index (κ1) is 10.1. The number of hydrogen-bond donors (Lipinski definition) is 0. The van der Waals surface area contributed by atoms with Crippen molar-refractivity contribution in [2.75, 3.05) is 0 Å². The Bertz CT molecular complexity index is 472. The van der Waals surface area contributed by atoms with Crippen molar-refractivity contribution >= 4 is 43.5 Å². The van der Waals surface area contributed by atoms with Crippen molar-refractivity contribution in [1.82, 2.24) is 9.97 Å². The number of rotatable bonds is 1. The second-order valence-electron chi connectivity index (χ2n) is 2.43. The molecule has 0 saturated carbocycles. The first-order valence-electron chi connectivity index (χ1n) is 3.60. The van der Waals surface area contributed by atoms with Crippen LogP contribution in [0.2, 0.25) is 5.15 Å². The van der Waals surface area contributed by atoms with Crippen molar-refractivity contribution < 1.29 is 4.42 Å². The van der Waals surface area contributed by atoms with Crippen LogP contribution in [0.5, 0.6) is 0 Å². The zero-order valence-corrected chi connectivity index (χ0v) is 10.6. The monoisotopic (exact) mass is 336 g/mol. The van der Waals surface area contributed by atoms with E-state index in [9.17, 15) is 0 Å². The molecule has 0 aliphatic carbocycles. The lowest BCUT2D eigenvalue weighted by atomic mass is 10.4. The Morgan fingerprint density at radius 2 is 2.07 bits per heavy atom. The molecule has 0 atom stereocenters. The molecule has 0 fully saturated rings. The Morgan fingerprint density at radius 1 is 1.29 bits per heavy atom. The molecule has 2 aromatic heterocycles. The molecule has 0 aliphatic rings.